The summed E-state index contributed by atoms with van der Waals surface area (Å²) in [6, 6.07) is 2.24. The van der Waals surface area contributed by atoms with E-state index >= 15 is 0 Å². The summed E-state index contributed by atoms with van der Waals surface area (Å²) in [6.07, 6.45) is 5.63. The Morgan fingerprint density at radius 2 is 1.97 bits per heavy atom. The number of pyridine rings is 1. The van der Waals surface area contributed by atoms with Gasteiger partial charge >= 0.3 is 6.18 Å². The Labute approximate surface area is 201 Å². The minimum atomic E-state index is -4.60. The van der Waals surface area contributed by atoms with Crippen LogP contribution < -0.4 is 11.1 Å². The lowest BCUT2D eigenvalue weighted by Crippen LogP contribution is -2.59. The highest BCUT2D eigenvalue weighted by Crippen LogP contribution is 2.63. The van der Waals surface area contributed by atoms with Gasteiger partial charge in [-0.25, -0.2) is 4.98 Å². The van der Waals surface area contributed by atoms with Gasteiger partial charge in [0.05, 0.1) is 17.4 Å². The zero-order valence-corrected chi connectivity index (χ0v) is 18.7. The third-order valence-electron chi connectivity index (χ3n) is 6.85. The SMILES string of the molecule is Nc1ncc2c(C(=O)c3cncc(NC(=O)Cn4ccc(C(F)(F)F)n4)c3)cn(C34CC(C3)C4)c2n1. The summed E-state index contributed by atoms with van der Waals surface area (Å²) in [7, 11) is 0. The molecule has 0 aromatic carbocycles. The first-order valence-electron chi connectivity index (χ1n) is 11.2. The van der Waals surface area contributed by atoms with E-state index in [1.165, 1.54) is 24.7 Å². The molecular formula is C23H19F3N8O2. The molecule has 3 aliphatic rings. The van der Waals surface area contributed by atoms with E-state index in [-0.39, 0.29) is 28.5 Å². The molecule has 0 atom stereocenters. The Hall–Kier alpha value is -4.29. The van der Waals surface area contributed by atoms with Crippen molar-refractivity contribution >= 4 is 34.4 Å². The Morgan fingerprint density at radius 1 is 1.19 bits per heavy atom. The van der Waals surface area contributed by atoms with Crippen molar-refractivity contribution in [1.29, 1.82) is 0 Å². The maximum atomic E-state index is 13.5. The van der Waals surface area contributed by atoms with E-state index in [4.69, 9.17) is 5.73 Å². The zero-order valence-electron chi connectivity index (χ0n) is 18.7. The average Bonchev–Trinajstić information content (AvgIpc) is 3.36. The Bertz CT molecular complexity index is 1520. The van der Waals surface area contributed by atoms with Crippen LogP contribution in [0.4, 0.5) is 24.8 Å². The van der Waals surface area contributed by atoms with Gasteiger partial charge in [0.1, 0.15) is 12.2 Å². The van der Waals surface area contributed by atoms with Crippen molar-refractivity contribution in [3.8, 4) is 0 Å². The van der Waals surface area contributed by atoms with E-state index in [9.17, 15) is 22.8 Å². The molecule has 0 unspecified atom stereocenters. The number of amides is 1. The predicted octanol–water partition coefficient (Wildman–Crippen LogP) is 3.00. The molecule has 3 aliphatic carbocycles. The molecule has 7 rings (SSSR count). The lowest BCUT2D eigenvalue weighted by atomic mass is 9.49. The molecule has 13 heteroatoms. The first-order chi connectivity index (χ1) is 17.1. The van der Waals surface area contributed by atoms with Crippen molar-refractivity contribution in [2.75, 3.05) is 11.1 Å². The summed E-state index contributed by atoms with van der Waals surface area (Å²) < 4.78 is 41.1. The minimum Gasteiger partial charge on any atom is -0.368 e. The smallest absolute Gasteiger partial charge is 0.368 e. The van der Waals surface area contributed by atoms with Crippen LogP contribution in [0.3, 0.4) is 0 Å². The first-order valence-corrected chi connectivity index (χ1v) is 11.2. The van der Waals surface area contributed by atoms with Crippen molar-refractivity contribution in [3.63, 3.8) is 0 Å². The van der Waals surface area contributed by atoms with Crippen molar-refractivity contribution in [2.45, 2.75) is 37.5 Å². The number of nitrogens with one attached hydrogen (secondary N) is 1. The maximum Gasteiger partial charge on any atom is 0.435 e. The van der Waals surface area contributed by atoms with Crippen LogP contribution in [0.2, 0.25) is 0 Å². The van der Waals surface area contributed by atoms with Gasteiger partial charge in [0.15, 0.2) is 11.5 Å². The van der Waals surface area contributed by atoms with E-state index in [0.717, 1.165) is 36.2 Å². The third-order valence-corrected chi connectivity index (χ3v) is 6.85. The molecule has 4 heterocycles. The highest BCUT2D eigenvalue weighted by Gasteiger charge is 2.58. The molecule has 4 aromatic heterocycles. The van der Waals surface area contributed by atoms with Gasteiger partial charge in [-0.15, -0.1) is 0 Å². The molecule has 3 fully saturated rings. The van der Waals surface area contributed by atoms with Crippen LogP contribution in [-0.2, 0) is 23.1 Å². The molecule has 0 radical (unpaired) electrons. The van der Waals surface area contributed by atoms with Gasteiger partial charge in [0, 0.05) is 41.3 Å². The van der Waals surface area contributed by atoms with Gasteiger partial charge in [-0.2, -0.15) is 23.3 Å². The maximum absolute atomic E-state index is 13.5. The minimum absolute atomic E-state index is 0.0329. The summed E-state index contributed by atoms with van der Waals surface area (Å²) in [6.45, 7) is -0.441. The number of alkyl halides is 3. The number of nitrogens with two attached hydrogens (primary N) is 1. The van der Waals surface area contributed by atoms with Crippen LogP contribution in [0.1, 0.15) is 40.9 Å². The normalized spacial score (nSPS) is 20.6. The molecule has 3 N–H and O–H groups in total. The van der Waals surface area contributed by atoms with Crippen LogP contribution in [0, 0.1) is 5.92 Å². The van der Waals surface area contributed by atoms with Crippen LogP contribution in [-0.4, -0.2) is 41.0 Å². The number of carbonyl (C=O) groups is 2. The largest absolute Gasteiger partial charge is 0.435 e. The summed E-state index contributed by atoms with van der Waals surface area (Å²) in [5.41, 5.74) is 6.15. The molecule has 2 bridgehead atoms. The number of hydrogen-bond acceptors (Lipinski definition) is 7. The molecule has 1 amide bonds. The molecule has 0 spiro atoms. The van der Waals surface area contributed by atoms with Crippen LogP contribution in [0.25, 0.3) is 11.0 Å². The van der Waals surface area contributed by atoms with E-state index in [1.807, 2.05) is 4.57 Å². The van der Waals surface area contributed by atoms with Crippen molar-refractivity contribution in [3.05, 3.63) is 59.9 Å². The molecular weight excluding hydrogens is 477 g/mol. The van der Waals surface area contributed by atoms with Gasteiger partial charge in [-0.05, 0) is 37.3 Å². The average molecular weight is 496 g/mol. The van der Waals surface area contributed by atoms with Gasteiger partial charge in [0.2, 0.25) is 11.9 Å². The number of nitrogens with zero attached hydrogens (tertiary/aromatic N) is 6. The van der Waals surface area contributed by atoms with Gasteiger partial charge in [0.25, 0.3) is 0 Å². The predicted molar refractivity (Wildman–Crippen MR) is 121 cm³/mol. The molecule has 4 aromatic rings. The second-order valence-electron chi connectivity index (χ2n) is 9.32. The van der Waals surface area contributed by atoms with Gasteiger partial charge in [-0.3, -0.25) is 19.3 Å². The molecule has 0 aliphatic heterocycles. The van der Waals surface area contributed by atoms with Crippen molar-refractivity contribution in [1.82, 2.24) is 29.3 Å². The summed E-state index contributed by atoms with van der Waals surface area (Å²) >= 11 is 0. The van der Waals surface area contributed by atoms with E-state index in [2.05, 4.69) is 25.4 Å². The number of rotatable bonds is 6. The Morgan fingerprint density at radius 3 is 2.64 bits per heavy atom. The molecule has 184 valence electrons. The molecule has 3 saturated carbocycles. The molecule has 36 heavy (non-hydrogen) atoms. The molecule has 0 saturated heterocycles. The van der Waals surface area contributed by atoms with E-state index < -0.39 is 24.3 Å². The summed E-state index contributed by atoms with van der Waals surface area (Å²) in [5.74, 6) is -0.114. The Balaban J connectivity index is 1.24. The van der Waals surface area contributed by atoms with Gasteiger partial charge < -0.3 is 15.6 Å². The second kappa shape index (κ2) is 7.60. The fourth-order valence-electron chi connectivity index (χ4n) is 5.03. The standard InChI is InChI=1S/C23H19F3N8O2/c24-23(25,26)17-1-2-33(32-17)11-18(35)30-14-3-13(7-28-8-14)19(36)16-10-34(22-4-12(5-22)6-22)20-15(16)9-29-21(27)31-20/h1-3,7-10,12H,4-6,11H2,(H,30,35)(H2,27,29,31). The highest BCUT2D eigenvalue weighted by atomic mass is 19.4. The van der Waals surface area contributed by atoms with Gasteiger partial charge in [-0.1, -0.05) is 0 Å². The van der Waals surface area contributed by atoms with Crippen LogP contribution in [0.15, 0.2) is 43.1 Å². The first kappa shape index (κ1) is 22.2. The fraction of sp³-hybridized carbons (Fsp3) is 0.304. The number of fused-ring (bicyclic) bond motifs is 1. The van der Waals surface area contributed by atoms with Crippen LogP contribution >= 0.6 is 0 Å². The number of carbonyl (C=O) groups excluding carboxylic acids is 2. The zero-order chi connectivity index (χ0) is 25.2. The number of halogens is 3. The highest BCUT2D eigenvalue weighted by molar-refractivity contribution is 6.16. The third kappa shape index (κ3) is 3.58. The second-order valence-corrected chi connectivity index (χ2v) is 9.32. The lowest BCUT2D eigenvalue weighted by molar-refractivity contribution is -0.141. The van der Waals surface area contributed by atoms with Crippen molar-refractivity contribution in [2.24, 2.45) is 5.92 Å². The molecule has 10 nitrogen and oxygen atoms in total. The monoisotopic (exact) mass is 496 g/mol. The topological polar surface area (TPSA) is 134 Å². The quantitative estimate of drug-likeness (QED) is 0.392. The summed E-state index contributed by atoms with van der Waals surface area (Å²) in [5, 5.41) is 6.48. The van der Waals surface area contributed by atoms with E-state index in [0.29, 0.717) is 22.5 Å². The number of nitrogen functional groups attached to an aromatic ring is 1. The van der Waals surface area contributed by atoms with Crippen molar-refractivity contribution < 1.29 is 22.8 Å². The number of ketones is 1. The number of anilines is 2. The summed E-state index contributed by atoms with van der Waals surface area (Å²) in [4.78, 5) is 38.3. The Kier molecular flexibility index (Phi) is 4.69. The van der Waals surface area contributed by atoms with Crippen LogP contribution in [0.5, 0.6) is 0 Å². The number of aromatic nitrogens is 6. The lowest BCUT2D eigenvalue weighted by Gasteiger charge is -2.62. The fourth-order valence-corrected chi connectivity index (χ4v) is 5.03. The number of hydrogen-bond donors (Lipinski definition) is 2. The van der Waals surface area contributed by atoms with E-state index in [1.54, 1.807) is 6.20 Å².